The minimum Gasteiger partial charge on any atom is -0.368 e. The summed E-state index contributed by atoms with van der Waals surface area (Å²) >= 11 is 0. The molecule has 2 aromatic rings. The largest absolute Gasteiger partial charge is 0.368 e. The summed E-state index contributed by atoms with van der Waals surface area (Å²) < 4.78 is 0. The summed E-state index contributed by atoms with van der Waals surface area (Å²) in [6.45, 7) is 8.14. The van der Waals surface area contributed by atoms with Crippen LogP contribution in [-0.4, -0.2) is 64.4 Å². The molecular formula is C21H27N5O. The molecule has 1 N–H and O–H groups in total. The van der Waals surface area contributed by atoms with E-state index in [9.17, 15) is 4.79 Å². The highest BCUT2D eigenvalue weighted by atomic mass is 16.2. The van der Waals surface area contributed by atoms with Crippen LogP contribution in [-0.2, 0) is 0 Å². The van der Waals surface area contributed by atoms with Crippen LogP contribution >= 0.6 is 0 Å². The van der Waals surface area contributed by atoms with E-state index in [0.717, 1.165) is 32.7 Å². The van der Waals surface area contributed by atoms with Gasteiger partial charge in [-0.25, -0.2) is 9.97 Å². The molecule has 6 heteroatoms. The van der Waals surface area contributed by atoms with Crippen molar-refractivity contribution in [2.75, 3.05) is 38.0 Å². The maximum atomic E-state index is 12.7. The molecule has 0 radical (unpaired) electrons. The highest BCUT2D eigenvalue weighted by Gasteiger charge is 2.22. The number of rotatable bonds is 6. The van der Waals surface area contributed by atoms with Gasteiger partial charge >= 0.3 is 0 Å². The third-order valence-electron chi connectivity index (χ3n) is 4.46. The van der Waals surface area contributed by atoms with Crippen molar-refractivity contribution in [3.8, 4) is 0 Å². The van der Waals surface area contributed by atoms with E-state index in [-0.39, 0.29) is 11.9 Å². The maximum absolute atomic E-state index is 12.7. The third-order valence-corrected chi connectivity index (χ3v) is 4.46. The zero-order chi connectivity index (χ0) is 19.1. The molecule has 0 unspecified atom stereocenters. The zero-order valence-electron chi connectivity index (χ0n) is 16.0. The second-order valence-corrected chi connectivity index (χ2v) is 6.99. The van der Waals surface area contributed by atoms with Gasteiger partial charge in [-0.05, 0) is 19.4 Å². The topological polar surface area (TPSA) is 61.4 Å². The molecule has 27 heavy (non-hydrogen) atoms. The highest BCUT2D eigenvalue weighted by molar-refractivity contribution is 5.93. The quantitative estimate of drug-likeness (QED) is 0.853. The summed E-state index contributed by atoms with van der Waals surface area (Å²) in [5.41, 5.74) is 1.66. The van der Waals surface area contributed by atoms with Gasteiger partial charge in [0.05, 0.1) is 0 Å². The molecule has 3 rings (SSSR count). The standard InChI is InChI=1S/C21H27N5O/c1-17(2)24-20-15-19(22-16-23-20)21(27)26-13-11-25(12-14-26)10-6-9-18-7-4-3-5-8-18/h3-9,15-17H,10-14H2,1-2H3,(H,22,23,24)/b9-6+. The van der Waals surface area contributed by atoms with Crippen molar-refractivity contribution in [1.82, 2.24) is 19.8 Å². The minimum absolute atomic E-state index is 0.0244. The van der Waals surface area contributed by atoms with Crippen LogP contribution in [0, 0.1) is 0 Å². The first-order valence-corrected chi connectivity index (χ1v) is 9.43. The van der Waals surface area contributed by atoms with Crippen LogP contribution in [0.5, 0.6) is 0 Å². The number of carbonyl (C=O) groups is 1. The van der Waals surface area contributed by atoms with Gasteiger partial charge in [-0.15, -0.1) is 0 Å². The second-order valence-electron chi connectivity index (χ2n) is 6.99. The summed E-state index contributed by atoms with van der Waals surface area (Å²) in [4.78, 5) is 25.3. The van der Waals surface area contributed by atoms with E-state index in [1.807, 2.05) is 36.9 Å². The lowest BCUT2D eigenvalue weighted by Gasteiger charge is -2.34. The molecule has 1 aliphatic rings. The van der Waals surface area contributed by atoms with Crippen LogP contribution in [0.3, 0.4) is 0 Å². The average Bonchev–Trinajstić information content (AvgIpc) is 2.68. The van der Waals surface area contributed by atoms with Crippen LogP contribution in [0.25, 0.3) is 6.08 Å². The molecule has 0 atom stereocenters. The van der Waals surface area contributed by atoms with Crippen LogP contribution in [0.2, 0.25) is 0 Å². The highest BCUT2D eigenvalue weighted by Crippen LogP contribution is 2.11. The Morgan fingerprint density at radius 1 is 1.15 bits per heavy atom. The van der Waals surface area contributed by atoms with Gasteiger partial charge < -0.3 is 10.2 Å². The number of hydrogen-bond acceptors (Lipinski definition) is 5. The minimum atomic E-state index is -0.0244. The van der Waals surface area contributed by atoms with Gasteiger partial charge in [-0.3, -0.25) is 9.69 Å². The van der Waals surface area contributed by atoms with E-state index < -0.39 is 0 Å². The average molecular weight is 365 g/mol. The number of amides is 1. The number of anilines is 1. The molecule has 1 amide bonds. The molecule has 142 valence electrons. The van der Waals surface area contributed by atoms with Crippen LogP contribution < -0.4 is 5.32 Å². The third kappa shape index (κ3) is 5.62. The molecule has 2 heterocycles. The lowest BCUT2D eigenvalue weighted by Crippen LogP contribution is -2.48. The Morgan fingerprint density at radius 2 is 1.89 bits per heavy atom. The first-order valence-electron chi connectivity index (χ1n) is 9.43. The molecule has 0 aliphatic carbocycles. The Kier molecular flexibility index (Phi) is 6.54. The van der Waals surface area contributed by atoms with Crippen molar-refractivity contribution in [3.63, 3.8) is 0 Å². The molecule has 1 fully saturated rings. The van der Waals surface area contributed by atoms with Crippen molar-refractivity contribution >= 4 is 17.8 Å². The van der Waals surface area contributed by atoms with Crippen LogP contribution in [0.15, 0.2) is 48.8 Å². The Bertz CT molecular complexity index is 767. The number of hydrogen-bond donors (Lipinski definition) is 1. The first-order chi connectivity index (χ1) is 13.1. The van der Waals surface area contributed by atoms with Gasteiger partial charge in [-0.2, -0.15) is 0 Å². The SMILES string of the molecule is CC(C)Nc1cc(C(=O)N2CCN(C/C=C/c3ccccc3)CC2)ncn1. The molecule has 1 saturated heterocycles. The number of carbonyl (C=O) groups excluding carboxylic acids is 1. The van der Waals surface area contributed by atoms with Crippen LogP contribution in [0.4, 0.5) is 5.82 Å². The molecule has 0 bridgehead atoms. The van der Waals surface area contributed by atoms with Gasteiger partial charge in [-0.1, -0.05) is 42.5 Å². The normalized spacial score (nSPS) is 15.4. The van der Waals surface area contributed by atoms with Gasteiger partial charge in [0, 0.05) is 44.8 Å². The summed E-state index contributed by atoms with van der Waals surface area (Å²) in [7, 11) is 0. The van der Waals surface area contributed by atoms with Gasteiger partial charge in [0.2, 0.25) is 0 Å². The molecule has 1 aliphatic heterocycles. The molecule has 6 nitrogen and oxygen atoms in total. The zero-order valence-corrected chi connectivity index (χ0v) is 16.0. The van der Waals surface area contributed by atoms with E-state index in [4.69, 9.17) is 0 Å². The van der Waals surface area contributed by atoms with E-state index in [0.29, 0.717) is 11.5 Å². The predicted octanol–water partition coefficient (Wildman–Crippen LogP) is 2.77. The van der Waals surface area contributed by atoms with Crippen molar-refractivity contribution in [2.45, 2.75) is 19.9 Å². The van der Waals surface area contributed by atoms with E-state index in [2.05, 4.69) is 44.5 Å². The molecule has 1 aromatic heterocycles. The first kappa shape index (κ1) is 19.0. The molecule has 0 spiro atoms. The second kappa shape index (κ2) is 9.28. The van der Waals surface area contributed by atoms with E-state index in [1.165, 1.54) is 11.9 Å². The monoisotopic (exact) mass is 365 g/mol. The summed E-state index contributed by atoms with van der Waals surface area (Å²) in [5.74, 6) is 0.664. The fourth-order valence-corrected chi connectivity index (χ4v) is 3.05. The Labute approximate surface area is 160 Å². The number of nitrogens with zero attached hydrogens (tertiary/aromatic N) is 4. The lowest BCUT2D eigenvalue weighted by molar-refractivity contribution is 0.0644. The van der Waals surface area contributed by atoms with E-state index in [1.54, 1.807) is 6.07 Å². The lowest BCUT2D eigenvalue weighted by atomic mass is 10.2. The van der Waals surface area contributed by atoms with Gasteiger partial charge in [0.25, 0.3) is 5.91 Å². The molecule has 0 saturated carbocycles. The fourth-order valence-electron chi connectivity index (χ4n) is 3.05. The summed E-state index contributed by atoms with van der Waals surface area (Å²) in [6, 6.07) is 12.3. The summed E-state index contributed by atoms with van der Waals surface area (Å²) in [5, 5.41) is 3.21. The Hall–Kier alpha value is -2.73. The predicted molar refractivity (Wildman–Crippen MR) is 109 cm³/mol. The van der Waals surface area contributed by atoms with Gasteiger partial charge in [0.1, 0.15) is 17.8 Å². The number of benzene rings is 1. The molecular weight excluding hydrogens is 338 g/mol. The molecule has 1 aromatic carbocycles. The van der Waals surface area contributed by atoms with E-state index >= 15 is 0 Å². The van der Waals surface area contributed by atoms with Crippen molar-refractivity contribution < 1.29 is 4.79 Å². The summed E-state index contributed by atoms with van der Waals surface area (Å²) in [6.07, 6.45) is 5.77. The van der Waals surface area contributed by atoms with Crippen molar-refractivity contribution in [1.29, 1.82) is 0 Å². The van der Waals surface area contributed by atoms with Gasteiger partial charge in [0.15, 0.2) is 0 Å². The smallest absolute Gasteiger partial charge is 0.272 e. The van der Waals surface area contributed by atoms with Crippen molar-refractivity contribution in [3.05, 3.63) is 60.1 Å². The number of aromatic nitrogens is 2. The van der Waals surface area contributed by atoms with Crippen LogP contribution in [0.1, 0.15) is 29.9 Å². The number of piperazine rings is 1. The fraction of sp³-hybridized carbons (Fsp3) is 0.381. The Morgan fingerprint density at radius 3 is 2.59 bits per heavy atom. The maximum Gasteiger partial charge on any atom is 0.272 e. The van der Waals surface area contributed by atoms with Crippen molar-refractivity contribution in [2.24, 2.45) is 0 Å². The Balaban J connectivity index is 1.50. The number of nitrogens with one attached hydrogen (secondary N) is 1.